The number of hydrogen-bond acceptors (Lipinski definition) is 7. The van der Waals surface area contributed by atoms with E-state index in [0.29, 0.717) is 36.7 Å². The van der Waals surface area contributed by atoms with Crippen molar-refractivity contribution in [3.8, 4) is 23.0 Å². The maximum absolute atomic E-state index is 14.2. The number of urea groups is 1. The number of nitrogens with zero attached hydrogens (tertiary/aromatic N) is 8. The van der Waals surface area contributed by atoms with Gasteiger partial charge in [-0.3, -0.25) is 9.58 Å². The summed E-state index contributed by atoms with van der Waals surface area (Å²) in [4.78, 5) is 25.2. The number of anilines is 2. The van der Waals surface area contributed by atoms with E-state index in [1.54, 1.807) is 27.8 Å². The van der Waals surface area contributed by atoms with Crippen molar-refractivity contribution in [3.05, 3.63) is 103 Å². The molecule has 0 spiro atoms. The second kappa shape index (κ2) is 12.2. The topological polar surface area (TPSA) is 130 Å². The molecule has 1 saturated carbocycles. The van der Waals surface area contributed by atoms with Crippen molar-refractivity contribution in [3.63, 3.8) is 0 Å². The summed E-state index contributed by atoms with van der Waals surface area (Å²) in [5.74, 6) is 0.691. The number of benzene rings is 2. The molecular formula is C32H32N10O. The van der Waals surface area contributed by atoms with Crippen LogP contribution in [0.15, 0.2) is 91.6 Å². The molecule has 2 aromatic carbocycles. The van der Waals surface area contributed by atoms with Crippen molar-refractivity contribution in [1.29, 1.82) is 5.26 Å². The fraction of sp³-hybridized carbons (Fsp3) is 0.250. The molecule has 3 heterocycles. The van der Waals surface area contributed by atoms with Gasteiger partial charge in [-0.2, -0.15) is 20.4 Å². The quantitative estimate of drug-likeness (QED) is 0.237. The highest BCUT2D eigenvalue weighted by atomic mass is 16.2. The Morgan fingerprint density at radius 2 is 1.79 bits per heavy atom. The summed E-state index contributed by atoms with van der Waals surface area (Å²) < 4.78 is 3.31. The Bertz CT molecular complexity index is 1720. The molecule has 1 aliphatic rings. The van der Waals surface area contributed by atoms with Gasteiger partial charge in [0.1, 0.15) is 17.3 Å². The molecule has 0 atom stereocenters. The Kier molecular flexibility index (Phi) is 7.82. The maximum atomic E-state index is 14.2. The third-order valence-electron chi connectivity index (χ3n) is 7.72. The molecule has 0 saturated heterocycles. The third-order valence-corrected chi connectivity index (χ3v) is 7.72. The molecule has 11 heteroatoms. The lowest BCUT2D eigenvalue weighted by Gasteiger charge is -2.46. The highest BCUT2D eigenvalue weighted by Gasteiger charge is 2.42. The summed E-state index contributed by atoms with van der Waals surface area (Å²) in [5, 5.41) is 24.9. The van der Waals surface area contributed by atoms with Crippen molar-refractivity contribution in [2.75, 3.05) is 10.2 Å². The average Bonchev–Trinajstić information content (AvgIpc) is 3.74. The first kappa shape index (κ1) is 27.7. The molecule has 0 radical (unpaired) electrons. The van der Waals surface area contributed by atoms with Gasteiger partial charge in [0.25, 0.3) is 0 Å². The Balaban J connectivity index is 1.39. The van der Waals surface area contributed by atoms with E-state index in [1.165, 1.54) is 6.20 Å². The highest BCUT2D eigenvalue weighted by molar-refractivity contribution is 5.94. The van der Waals surface area contributed by atoms with E-state index >= 15 is 0 Å². The van der Waals surface area contributed by atoms with E-state index in [-0.39, 0.29) is 6.03 Å². The molecule has 2 N–H and O–H groups in total. The molecule has 1 fully saturated rings. The molecule has 0 aliphatic heterocycles. The van der Waals surface area contributed by atoms with Crippen LogP contribution in [-0.4, -0.2) is 41.2 Å². The number of amides is 2. The fourth-order valence-corrected chi connectivity index (χ4v) is 5.61. The number of rotatable bonds is 8. The number of nitrogens with one attached hydrogen (secondary N) is 2. The van der Waals surface area contributed by atoms with Gasteiger partial charge in [0, 0.05) is 43.4 Å². The van der Waals surface area contributed by atoms with Gasteiger partial charge in [-0.1, -0.05) is 48.9 Å². The van der Waals surface area contributed by atoms with Crippen molar-refractivity contribution >= 4 is 17.7 Å². The van der Waals surface area contributed by atoms with E-state index in [4.69, 9.17) is 4.98 Å². The number of aromatic nitrogens is 6. The molecule has 6 rings (SSSR count). The molecule has 0 bridgehead atoms. The van der Waals surface area contributed by atoms with Gasteiger partial charge in [-0.25, -0.2) is 14.5 Å². The third kappa shape index (κ3) is 5.94. The van der Waals surface area contributed by atoms with Gasteiger partial charge >= 0.3 is 6.03 Å². The predicted molar refractivity (Wildman–Crippen MR) is 163 cm³/mol. The zero-order valence-electron chi connectivity index (χ0n) is 23.9. The summed E-state index contributed by atoms with van der Waals surface area (Å²) in [5.41, 5.74) is 3.24. The van der Waals surface area contributed by atoms with Gasteiger partial charge < -0.3 is 10.6 Å². The van der Waals surface area contributed by atoms with Gasteiger partial charge in [0.15, 0.2) is 5.82 Å². The first-order valence-corrected chi connectivity index (χ1v) is 14.3. The molecule has 2 amide bonds. The number of hydrogen-bond donors (Lipinski definition) is 2. The Morgan fingerprint density at radius 3 is 2.47 bits per heavy atom. The van der Waals surface area contributed by atoms with Crippen LogP contribution in [0.2, 0.25) is 0 Å². The van der Waals surface area contributed by atoms with E-state index in [0.717, 1.165) is 41.6 Å². The minimum absolute atomic E-state index is 0.228. The normalized spacial score (nSPS) is 14.0. The zero-order chi connectivity index (χ0) is 29.6. The molecule has 43 heavy (non-hydrogen) atoms. The standard InChI is InChI=1S/C32H32N10O/c1-40-23-27(22-37-40)25-11-13-28(14-12-25)42(31(43)35-20-24-9-4-2-5-10-24)32(15-6-3-7-16-32)39-30-34-21-26(19-33)29(38-30)41-18-8-17-36-41/h2,4-5,8-14,17-18,21-23H,3,6-7,15-16,20H2,1H3,(H,35,43)(H,34,38,39). The smallest absolute Gasteiger partial charge is 0.324 e. The Morgan fingerprint density at radius 1 is 1.00 bits per heavy atom. The second-order valence-electron chi connectivity index (χ2n) is 10.6. The maximum Gasteiger partial charge on any atom is 0.324 e. The number of carbonyl (C=O) groups is 1. The first-order valence-electron chi connectivity index (χ1n) is 14.3. The highest BCUT2D eigenvalue weighted by Crippen LogP contribution is 2.38. The lowest BCUT2D eigenvalue weighted by atomic mass is 9.87. The average molecular weight is 573 g/mol. The second-order valence-corrected chi connectivity index (χ2v) is 10.6. The number of nitriles is 1. The largest absolute Gasteiger partial charge is 0.334 e. The predicted octanol–water partition coefficient (Wildman–Crippen LogP) is 5.42. The number of carbonyl (C=O) groups excluding carboxylic acids is 1. The minimum atomic E-state index is -0.815. The van der Waals surface area contributed by atoms with Gasteiger partial charge in [0.05, 0.1) is 12.4 Å². The van der Waals surface area contributed by atoms with Crippen LogP contribution in [0, 0.1) is 11.3 Å². The lowest BCUT2D eigenvalue weighted by molar-refractivity contribution is 0.230. The van der Waals surface area contributed by atoms with Crippen molar-refractivity contribution in [2.24, 2.45) is 7.05 Å². The Hall–Kier alpha value is -5.50. The van der Waals surface area contributed by atoms with E-state index in [1.807, 2.05) is 78.9 Å². The molecule has 0 unspecified atom stereocenters. The van der Waals surface area contributed by atoms with Crippen LogP contribution in [0.1, 0.15) is 43.2 Å². The van der Waals surface area contributed by atoms with Crippen LogP contribution in [0.4, 0.5) is 16.4 Å². The van der Waals surface area contributed by atoms with Crippen molar-refractivity contribution in [1.82, 2.24) is 34.8 Å². The van der Waals surface area contributed by atoms with E-state index in [2.05, 4.69) is 31.9 Å². The molecule has 11 nitrogen and oxygen atoms in total. The summed E-state index contributed by atoms with van der Waals surface area (Å²) in [6, 6.07) is 21.5. The van der Waals surface area contributed by atoms with Crippen LogP contribution >= 0.6 is 0 Å². The van der Waals surface area contributed by atoms with Crippen LogP contribution in [0.5, 0.6) is 0 Å². The summed E-state index contributed by atoms with van der Waals surface area (Å²) in [7, 11) is 1.89. The fourth-order valence-electron chi connectivity index (χ4n) is 5.61. The lowest BCUT2D eigenvalue weighted by Crippen LogP contribution is -2.61. The van der Waals surface area contributed by atoms with Gasteiger partial charge in [-0.05, 0) is 55.0 Å². The SMILES string of the molecule is Cn1cc(-c2ccc(N(C(=O)NCc3ccccc3)C3(Nc4ncc(C#N)c(-n5cccn5)n4)CCCCC3)cc2)cn1. The monoisotopic (exact) mass is 572 g/mol. The van der Waals surface area contributed by atoms with Crippen LogP contribution in [-0.2, 0) is 13.6 Å². The zero-order valence-corrected chi connectivity index (χ0v) is 23.9. The molecule has 5 aromatic rings. The molecule has 216 valence electrons. The van der Waals surface area contributed by atoms with E-state index < -0.39 is 5.66 Å². The van der Waals surface area contributed by atoms with Crippen LogP contribution in [0.25, 0.3) is 16.9 Å². The van der Waals surface area contributed by atoms with Crippen LogP contribution < -0.4 is 15.5 Å². The molecule has 3 aromatic heterocycles. The van der Waals surface area contributed by atoms with Crippen LogP contribution in [0.3, 0.4) is 0 Å². The first-order chi connectivity index (χ1) is 21.0. The minimum Gasteiger partial charge on any atom is -0.334 e. The van der Waals surface area contributed by atoms with E-state index in [9.17, 15) is 10.1 Å². The van der Waals surface area contributed by atoms with Crippen molar-refractivity contribution in [2.45, 2.75) is 44.3 Å². The molecular weight excluding hydrogens is 540 g/mol. The summed E-state index contributed by atoms with van der Waals surface area (Å²) in [6.45, 7) is 0.386. The van der Waals surface area contributed by atoms with Crippen molar-refractivity contribution < 1.29 is 4.79 Å². The molecule has 1 aliphatic carbocycles. The summed E-state index contributed by atoms with van der Waals surface area (Å²) >= 11 is 0. The summed E-state index contributed by atoms with van der Waals surface area (Å²) in [6.07, 6.45) is 12.9. The van der Waals surface area contributed by atoms with Gasteiger partial charge in [-0.15, -0.1) is 0 Å². The Labute approximate surface area is 249 Å². The number of aryl methyl sites for hydroxylation is 1. The van der Waals surface area contributed by atoms with Gasteiger partial charge in [0.2, 0.25) is 5.95 Å².